The Labute approximate surface area is 96.6 Å². The molecular formula is C12H20O4. The van der Waals surface area contributed by atoms with Crippen LogP contribution in [0.2, 0.25) is 0 Å². The molecule has 0 N–H and O–H groups in total. The van der Waals surface area contributed by atoms with E-state index in [0.29, 0.717) is 13.2 Å². The van der Waals surface area contributed by atoms with Crippen molar-refractivity contribution in [1.82, 2.24) is 0 Å². The molecule has 0 aromatic carbocycles. The fraction of sp³-hybridized carbons (Fsp3) is 0.750. The summed E-state index contributed by atoms with van der Waals surface area (Å²) in [6.07, 6.45) is 7.15. The van der Waals surface area contributed by atoms with Crippen molar-refractivity contribution in [2.75, 3.05) is 20.3 Å². The first kappa shape index (κ1) is 13.2. The monoisotopic (exact) mass is 228 g/mol. The van der Waals surface area contributed by atoms with E-state index in [1.165, 1.54) is 13.2 Å². The van der Waals surface area contributed by atoms with E-state index in [1.807, 2.05) is 0 Å². The van der Waals surface area contributed by atoms with Crippen LogP contribution in [0.3, 0.4) is 0 Å². The molecule has 0 aliphatic carbocycles. The Balaban J connectivity index is 2.51. The summed E-state index contributed by atoms with van der Waals surface area (Å²) >= 11 is 0. The Hall–Kier alpha value is -0.870. The first-order valence-corrected chi connectivity index (χ1v) is 5.77. The van der Waals surface area contributed by atoms with Crippen molar-refractivity contribution >= 4 is 5.97 Å². The summed E-state index contributed by atoms with van der Waals surface area (Å²) in [7, 11) is 1.35. The zero-order valence-corrected chi connectivity index (χ0v) is 10.0. The lowest BCUT2D eigenvalue weighted by Crippen LogP contribution is -2.27. The molecule has 0 amide bonds. The molecule has 4 heteroatoms. The van der Waals surface area contributed by atoms with Gasteiger partial charge in [0, 0.05) is 12.5 Å². The topological polar surface area (TPSA) is 44.8 Å². The minimum atomic E-state index is -0.705. The summed E-state index contributed by atoms with van der Waals surface area (Å²) in [5.74, 6) is -1.09. The van der Waals surface area contributed by atoms with Crippen LogP contribution in [0, 0.1) is 0 Å². The van der Waals surface area contributed by atoms with E-state index in [1.54, 1.807) is 6.08 Å². The average molecular weight is 228 g/mol. The van der Waals surface area contributed by atoms with Gasteiger partial charge in [0.05, 0.1) is 20.3 Å². The number of methoxy groups -OCH3 is 1. The molecule has 0 unspecified atom stereocenters. The van der Waals surface area contributed by atoms with Crippen molar-refractivity contribution in [3.05, 3.63) is 12.2 Å². The zero-order chi connectivity index (χ0) is 11.9. The maximum atomic E-state index is 11.0. The number of carbonyl (C=O) groups excluding carboxylic acids is 1. The first-order valence-electron chi connectivity index (χ1n) is 5.77. The highest BCUT2D eigenvalue weighted by Crippen LogP contribution is 2.27. The molecule has 92 valence electrons. The third-order valence-corrected chi connectivity index (χ3v) is 2.58. The van der Waals surface area contributed by atoms with Crippen molar-refractivity contribution in [2.45, 2.75) is 38.4 Å². The molecule has 0 saturated carbocycles. The van der Waals surface area contributed by atoms with Gasteiger partial charge in [0.25, 0.3) is 0 Å². The van der Waals surface area contributed by atoms with Gasteiger partial charge in [-0.1, -0.05) is 19.8 Å². The van der Waals surface area contributed by atoms with Crippen molar-refractivity contribution < 1.29 is 19.0 Å². The van der Waals surface area contributed by atoms with Gasteiger partial charge >= 0.3 is 5.97 Å². The van der Waals surface area contributed by atoms with Gasteiger partial charge in [0.1, 0.15) is 0 Å². The van der Waals surface area contributed by atoms with Crippen LogP contribution < -0.4 is 0 Å². The summed E-state index contributed by atoms with van der Waals surface area (Å²) in [5, 5.41) is 0. The van der Waals surface area contributed by atoms with E-state index in [2.05, 4.69) is 11.7 Å². The standard InChI is InChI=1S/C12H20O4/c1-3-4-5-7-12(15-9-10-16-12)8-6-11(13)14-2/h6,8H,3-5,7,9-10H2,1-2H3/b8-6+. The molecule has 4 nitrogen and oxygen atoms in total. The van der Waals surface area contributed by atoms with Gasteiger partial charge in [-0.05, 0) is 12.5 Å². The molecule has 0 atom stereocenters. The average Bonchev–Trinajstić information content (AvgIpc) is 2.76. The number of ether oxygens (including phenoxy) is 3. The third kappa shape index (κ3) is 3.94. The summed E-state index contributed by atoms with van der Waals surface area (Å²) in [6, 6.07) is 0. The largest absolute Gasteiger partial charge is 0.466 e. The van der Waals surface area contributed by atoms with Gasteiger partial charge in [-0.15, -0.1) is 0 Å². The van der Waals surface area contributed by atoms with Crippen LogP contribution in [0.1, 0.15) is 32.6 Å². The molecule has 0 aromatic heterocycles. The van der Waals surface area contributed by atoms with Crippen LogP contribution in [0.4, 0.5) is 0 Å². The second-order valence-corrected chi connectivity index (χ2v) is 3.82. The fourth-order valence-corrected chi connectivity index (χ4v) is 1.68. The van der Waals surface area contributed by atoms with Gasteiger partial charge in [-0.2, -0.15) is 0 Å². The third-order valence-electron chi connectivity index (χ3n) is 2.58. The first-order chi connectivity index (χ1) is 7.72. The lowest BCUT2D eigenvalue weighted by atomic mass is 10.1. The highest BCUT2D eigenvalue weighted by atomic mass is 16.7. The number of esters is 1. The molecule has 16 heavy (non-hydrogen) atoms. The molecule has 1 aliphatic rings. The molecule has 1 saturated heterocycles. The normalized spacial score (nSPS) is 19.1. The second kappa shape index (κ2) is 6.66. The Kier molecular flexibility index (Phi) is 5.49. The molecule has 0 bridgehead atoms. The Bertz CT molecular complexity index is 241. The lowest BCUT2D eigenvalue weighted by molar-refractivity contribution is -0.137. The Morgan fingerprint density at radius 2 is 2.06 bits per heavy atom. The molecule has 1 heterocycles. The van der Waals surface area contributed by atoms with Crippen molar-refractivity contribution in [3.63, 3.8) is 0 Å². The van der Waals surface area contributed by atoms with E-state index in [0.717, 1.165) is 25.7 Å². The molecule has 1 rings (SSSR count). The molecule has 1 fully saturated rings. The van der Waals surface area contributed by atoms with Crippen LogP contribution in [0.25, 0.3) is 0 Å². The van der Waals surface area contributed by atoms with Crippen LogP contribution in [-0.4, -0.2) is 32.1 Å². The number of unbranched alkanes of at least 4 members (excludes halogenated alkanes) is 2. The van der Waals surface area contributed by atoms with E-state index < -0.39 is 5.79 Å². The summed E-state index contributed by atoms with van der Waals surface area (Å²) in [6.45, 7) is 3.31. The van der Waals surface area contributed by atoms with Crippen molar-refractivity contribution in [1.29, 1.82) is 0 Å². The number of hydrogen-bond acceptors (Lipinski definition) is 4. The summed E-state index contributed by atoms with van der Waals surface area (Å²) < 4.78 is 15.7. The molecule has 0 radical (unpaired) electrons. The number of rotatable bonds is 6. The lowest BCUT2D eigenvalue weighted by Gasteiger charge is -2.23. The van der Waals surface area contributed by atoms with E-state index in [9.17, 15) is 4.79 Å². The zero-order valence-electron chi connectivity index (χ0n) is 10.0. The highest BCUT2D eigenvalue weighted by Gasteiger charge is 2.33. The van der Waals surface area contributed by atoms with E-state index >= 15 is 0 Å². The van der Waals surface area contributed by atoms with Crippen LogP contribution in [-0.2, 0) is 19.0 Å². The second-order valence-electron chi connectivity index (χ2n) is 3.82. The molecule has 0 spiro atoms. The minimum Gasteiger partial charge on any atom is -0.466 e. The number of hydrogen-bond donors (Lipinski definition) is 0. The summed E-state index contributed by atoms with van der Waals surface area (Å²) in [4.78, 5) is 11.0. The molecule has 1 aliphatic heterocycles. The van der Waals surface area contributed by atoms with E-state index in [4.69, 9.17) is 9.47 Å². The number of carbonyl (C=O) groups is 1. The maximum absolute atomic E-state index is 11.0. The highest BCUT2D eigenvalue weighted by molar-refractivity contribution is 5.81. The maximum Gasteiger partial charge on any atom is 0.330 e. The van der Waals surface area contributed by atoms with Gasteiger partial charge in [0.15, 0.2) is 5.79 Å². The molecular weight excluding hydrogens is 208 g/mol. The van der Waals surface area contributed by atoms with Gasteiger partial charge in [-0.3, -0.25) is 0 Å². The van der Waals surface area contributed by atoms with Crippen LogP contribution in [0.5, 0.6) is 0 Å². The predicted octanol–water partition coefficient (Wildman–Crippen LogP) is 2.04. The van der Waals surface area contributed by atoms with Crippen molar-refractivity contribution in [2.24, 2.45) is 0 Å². The van der Waals surface area contributed by atoms with Crippen LogP contribution >= 0.6 is 0 Å². The Morgan fingerprint density at radius 1 is 1.38 bits per heavy atom. The Morgan fingerprint density at radius 3 is 2.62 bits per heavy atom. The minimum absolute atomic E-state index is 0.381. The molecule has 0 aromatic rings. The predicted molar refractivity (Wildman–Crippen MR) is 59.9 cm³/mol. The fourth-order valence-electron chi connectivity index (χ4n) is 1.68. The van der Waals surface area contributed by atoms with E-state index in [-0.39, 0.29) is 5.97 Å². The smallest absolute Gasteiger partial charge is 0.330 e. The SMILES string of the molecule is CCCCCC1(/C=C/C(=O)OC)OCCO1. The quantitative estimate of drug-likeness (QED) is 0.396. The van der Waals surface area contributed by atoms with Crippen LogP contribution in [0.15, 0.2) is 12.2 Å². The van der Waals surface area contributed by atoms with Crippen molar-refractivity contribution in [3.8, 4) is 0 Å². The summed E-state index contributed by atoms with van der Waals surface area (Å²) in [5.41, 5.74) is 0. The van der Waals surface area contributed by atoms with Gasteiger partial charge in [-0.25, -0.2) is 4.79 Å². The van der Waals surface area contributed by atoms with Gasteiger partial charge < -0.3 is 14.2 Å². The van der Waals surface area contributed by atoms with Gasteiger partial charge in [0.2, 0.25) is 0 Å².